The van der Waals surface area contributed by atoms with Crippen LogP contribution in [0.15, 0.2) is 10.5 Å². The van der Waals surface area contributed by atoms with E-state index in [0.717, 1.165) is 37.3 Å². The van der Waals surface area contributed by atoms with Crippen LogP contribution in [0.4, 0.5) is 0 Å². The van der Waals surface area contributed by atoms with Crippen molar-refractivity contribution in [1.29, 1.82) is 0 Å². The number of aryl methyl sites for hydroxylation is 2. The van der Waals surface area contributed by atoms with Crippen molar-refractivity contribution in [2.24, 2.45) is 5.73 Å². The van der Waals surface area contributed by atoms with Crippen LogP contribution in [-0.2, 0) is 0 Å². The predicted molar refractivity (Wildman–Crippen MR) is 77.8 cm³/mol. The Morgan fingerprint density at radius 3 is 2.79 bits per heavy atom. The second kappa shape index (κ2) is 6.96. The van der Waals surface area contributed by atoms with Gasteiger partial charge in [-0.3, -0.25) is 4.79 Å². The van der Waals surface area contributed by atoms with Crippen LogP contribution in [-0.4, -0.2) is 29.9 Å². The van der Waals surface area contributed by atoms with Gasteiger partial charge in [-0.05, 0) is 52.1 Å². The van der Waals surface area contributed by atoms with Gasteiger partial charge in [-0.1, -0.05) is 0 Å². The van der Waals surface area contributed by atoms with Gasteiger partial charge in [-0.25, -0.2) is 0 Å². The first kappa shape index (κ1) is 16.1. The quantitative estimate of drug-likeness (QED) is 0.929. The standard InChI is InChI=1S/C14H22N2O2.ClH/c1-10-9-13(11(2)18-10)14(17)16-8-4-3-5-12(16)6-7-15;/h9,12H,3-8,15H2,1-2H3;1H. The van der Waals surface area contributed by atoms with Crippen LogP contribution in [0, 0.1) is 13.8 Å². The second-order valence-corrected chi connectivity index (χ2v) is 5.05. The van der Waals surface area contributed by atoms with Crippen LogP contribution in [0.1, 0.15) is 47.6 Å². The molecule has 1 aromatic heterocycles. The summed E-state index contributed by atoms with van der Waals surface area (Å²) >= 11 is 0. The van der Waals surface area contributed by atoms with Gasteiger partial charge in [0.25, 0.3) is 5.91 Å². The van der Waals surface area contributed by atoms with E-state index in [0.29, 0.717) is 18.2 Å². The summed E-state index contributed by atoms with van der Waals surface area (Å²) in [7, 11) is 0. The molecule has 1 unspecified atom stereocenters. The van der Waals surface area contributed by atoms with Crippen LogP contribution < -0.4 is 5.73 Å². The normalized spacial score (nSPS) is 19.1. The summed E-state index contributed by atoms with van der Waals surface area (Å²) in [6.07, 6.45) is 4.24. The van der Waals surface area contributed by atoms with E-state index in [-0.39, 0.29) is 18.3 Å². The molecule has 108 valence electrons. The molecule has 19 heavy (non-hydrogen) atoms. The molecule has 0 bridgehead atoms. The number of amides is 1. The van der Waals surface area contributed by atoms with Crippen molar-refractivity contribution >= 4 is 18.3 Å². The van der Waals surface area contributed by atoms with Crippen molar-refractivity contribution in [3.8, 4) is 0 Å². The largest absolute Gasteiger partial charge is 0.466 e. The van der Waals surface area contributed by atoms with E-state index in [1.807, 2.05) is 24.8 Å². The van der Waals surface area contributed by atoms with Crippen LogP contribution in [0.5, 0.6) is 0 Å². The number of nitrogens with two attached hydrogens (primary N) is 1. The number of furan rings is 1. The number of carbonyl (C=O) groups is 1. The lowest BCUT2D eigenvalue weighted by Crippen LogP contribution is -2.44. The Bertz CT molecular complexity index is 429. The van der Waals surface area contributed by atoms with Crippen molar-refractivity contribution < 1.29 is 9.21 Å². The monoisotopic (exact) mass is 286 g/mol. The van der Waals surface area contributed by atoms with Crippen molar-refractivity contribution in [2.45, 2.75) is 45.6 Å². The Morgan fingerprint density at radius 1 is 1.47 bits per heavy atom. The van der Waals surface area contributed by atoms with Gasteiger partial charge in [0.2, 0.25) is 0 Å². The number of nitrogens with zero attached hydrogens (tertiary/aromatic N) is 1. The summed E-state index contributed by atoms with van der Waals surface area (Å²) in [5.41, 5.74) is 6.34. The summed E-state index contributed by atoms with van der Waals surface area (Å²) < 4.78 is 5.45. The minimum absolute atomic E-state index is 0. The fourth-order valence-corrected chi connectivity index (χ4v) is 2.76. The molecule has 0 radical (unpaired) electrons. The highest BCUT2D eigenvalue weighted by molar-refractivity contribution is 5.95. The fourth-order valence-electron chi connectivity index (χ4n) is 2.76. The Morgan fingerprint density at radius 2 is 2.21 bits per heavy atom. The minimum Gasteiger partial charge on any atom is -0.466 e. The Labute approximate surface area is 120 Å². The molecule has 1 amide bonds. The summed E-state index contributed by atoms with van der Waals surface area (Å²) in [4.78, 5) is 14.5. The molecule has 1 atom stereocenters. The maximum atomic E-state index is 12.5. The van der Waals surface area contributed by atoms with Gasteiger partial charge < -0.3 is 15.1 Å². The number of likely N-dealkylation sites (tertiary alicyclic amines) is 1. The van der Waals surface area contributed by atoms with E-state index in [1.165, 1.54) is 6.42 Å². The number of halogens is 1. The molecule has 0 spiro atoms. The maximum absolute atomic E-state index is 12.5. The fraction of sp³-hybridized carbons (Fsp3) is 0.643. The van der Waals surface area contributed by atoms with Gasteiger partial charge in [0.15, 0.2) is 0 Å². The molecular weight excluding hydrogens is 264 g/mol. The molecule has 2 heterocycles. The van der Waals surface area contributed by atoms with Crippen molar-refractivity contribution in [3.63, 3.8) is 0 Å². The van der Waals surface area contributed by atoms with Crippen LogP contribution >= 0.6 is 12.4 Å². The van der Waals surface area contributed by atoms with Crippen molar-refractivity contribution in [3.05, 3.63) is 23.2 Å². The summed E-state index contributed by atoms with van der Waals surface area (Å²) in [6.45, 7) is 5.20. The maximum Gasteiger partial charge on any atom is 0.257 e. The molecule has 0 aromatic carbocycles. The van der Waals surface area contributed by atoms with E-state index in [2.05, 4.69) is 0 Å². The van der Waals surface area contributed by atoms with Gasteiger partial charge in [-0.2, -0.15) is 0 Å². The zero-order chi connectivity index (χ0) is 13.1. The lowest BCUT2D eigenvalue weighted by atomic mass is 9.98. The average Bonchev–Trinajstić information content (AvgIpc) is 2.69. The average molecular weight is 287 g/mol. The van der Waals surface area contributed by atoms with Crippen LogP contribution in [0.2, 0.25) is 0 Å². The van der Waals surface area contributed by atoms with E-state index in [4.69, 9.17) is 10.2 Å². The Kier molecular flexibility index (Phi) is 5.88. The molecule has 1 aliphatic heterocycles. The number of hydrogen-bond acceptors (Lipinski definition) is 3. The van der Waals surface area contributed by atoms with Crippen molar-refractivity contribution in [2.75, 3.05) is 13.1 Å². The molecule has 2 rings (SSSR count). The van der Waals surface area contributed by atoms with Crippen molar-refractivity contribution in [1.82, 2.24) is 4.90 Å². The SMILES string of the molecule is Cc1cc(C(=O)N2CCCCC2CCN)c(C)o1.Cl. The van der Waals surface area contributed by atoms with Crippen LogP contribution in [0.3, 0.4) is 0 Å². The molecule has 0 aliphatic carbocycles. The second-order valence-electron chi connectivity index (χ2n) is 5.05. The predicted octanol–water partition coefficient (Wildman–Crippen LogP) is 2.66. The highest BCUT2D eigenvalue weighted by Gasteiger charge is 2.28. The van der Waals surface area contributed by atoms with E-state index >= 15 is 0 Å². The molecule has 1 aromatic rings. The third-order valence-electron chi connectivity index (χ3n) is 3.66. The van der Waals surface area contributed by atoms with Crippen LogP contribution in [0.25, 0.3) is 0 Å². The Balaban J connectivity index is 0.00000180. The highest BCUT2D eigenvalue weighted by Crippen LogP contribution is 2.24. The van der Waals surface area contributed by atoms with Gasteiger partial charge >= 0.3 is 0 Å². The number of hydrogen-bond donors (Lipinski definition) is 1. The van der Waals surface area contributed by atoms with Gasteiger partial charge in [0.1, 0.15) is 11.5 Å². The Hall–Kier alpha value is -1.000. The first-order valence-corrected chi connectivity index (χ1v) is 6.71. The lowest BCUT2D eigenvalue weighted by molar-refractivity contribution is 0.0603. The molecule has 1 saturated heterocycles. The molecular formula is C14H23ClN2O2. The topological polar surface area (TPSA) is 59.5 Å². The van der Waals surface area contributed by atoms with Gasteiger partial charge in [0.05, 0.1) is 5.56 Å². The van der Waals surface area contributed by atoms with E-state index < -0.39 is 0 Å². The zero-order valence-electron chi connectivity index (χ0n) is 11.6. The lowest BCUT2D eigenvalue weighted by Gasteiger charge is -2.35. The third kappa shape index (κ3) is 3.51. The van der Waals surface area contributed by atoms with E-state index in [1.54, 1.807) is 0 Å². The van der Waals surface area contributed by atoms with Gasteiger partial charge in [-0.15, -0.1) is 12.4 Å². The molecule has 4 nitrogen and oxygen atoms in total. The molecule has 0 saturated carbocycles. The summed E-state index contributed by atoms with van der Waals surface area (Å²) in [5.74, 6) is 1.61. The number of piperidine rings is 1. The third-order valence-corrected chi connectivity index (χ3v) is 3.66. The summed E-state index contributed by atoms with van der Waals surface area (Å²) in [6, 6.07) is 2.14. The minimum atomic E-state index is 0. The number of carbonyl (C=O) groups excluding carboxylic acids is 1. The first-order chi connectivity index (χ1) is 8.63. The number of rotatable bonds is 3. The zero-order valence-corrected chi connectivity index (χ0v) is 12.5. The van der Waals surface area contributed by atoms with E-state index in [9.17, 15) is 4.79 Å². The molecule has 1 fully saturated rings. The highest BCUT2D eigenvalue weighted by atomic mass is 35.5. The van der Waals surface area contributed by atoms with Gasteiger partial charge in [0, 0.05) is 12.6 Å². The summed E-state index contributed by atoms with van der Waals surface area (Å²) in [5, 5.41) is 0. The molecule has 2 N–H and O–H groups in total. The molecule has 5 heteroatoms. The first-order valence-electron chi connectivity index (χ1n) is 6.71. The smallest absolute Gasteiger partial charge is 0.257 e. The molecule has 1 aliphatic rings.